The van der Waals surface area contributed by atoms with Gasteiger partial charge in [-0.2, -0.15) is 5.10 Å². The molecule has 0 radical (unpaired) electrons. The fourth-order valence-electron chi connectivity index (χ4n) is 4.03. The summed E-state index contributed by atoms with van der Waals surface area (Å²) in [6, 6.07) is 17.5. The van der Waals surface area contributed by atoms with Crippen molar-refractivity contribution < 1.29 is 10.4 Å². The van der Waals surface area contributed by atoms with Gasteiger partial charge in [0.2, 0.25) is 0 Å². The number of quaternary nitrogens is 1. The monoisotopic (exact) mass is 376 g/mol. The summed E-state index contributed by atoms with van der Waals surface area (Å²) in [5, 5.41) is 17.1. The van der Waals surface area contributed by atoms with Crippen LogP contribution in [0.4, 0.5) is 0 Å². The van der Waals surface area contributed by atoms with E-state index in [1.165, 1.54) is 22.3 Å². The Kier molecular flexibility index (Phi) is 5.60. The smallest absolute Gasteiger partial charge is 0.105 e. The topological polar surface area (TPSA) is 54.7 Å². The molecule has 4 rings (SSSR count). The average Bonchev–Trinajstić information content (AvgIpc) is 3.15. The molecule has 0 aliphatic heterocycles. The molecule has 0 atom stereocenters. The lowest BCUT2D eigenvalue weighted by molar-refractivity contribution is -0.707. The zero-order chi connectivity index (χ0) is 19.5. The van der Waals surface area contributed by atoms with E-state index in [2.05, 4.69) is 55.7 Å². The molecule has 1 aromatic heterocycles. The molecular weight excluding hydrogens is 346 g/mol. The van der Waals surface area contributed by atoms with E-state index in [1.807, 2.05) is 22.9 Å². The van der Waals surface area contributed by atoms with Crippen LogP contribution in [-0.2, 0) is 6.54 Å². The lowest BCUT2D eigenvalue weighted by Gasteiger charge is -2.23. The molecule has 4 nitrogen and oxygen atoms in total. The summed E-state index contributed by atoms with van der Waals surface area (Å²) in [6.45, 7) is 5.22. The molecule has 3 aromatic rings. The molecule has 1 aliphatic rings. The van der Waals surface area contributed by atoms with E-state index in [4.69, 9.17) is 5.10 Å². The summed E-state index contributed by atoms with van der Waals surface area (Å²) in [5.41, 5.74) is 7.19. The van der Waals surface area contributed by atoms with Gasteiger partial charge in [-0.15, -0.1) is 0 Å². The van der Waals surface area contributed by atoms with Crippen LogP contribution < -0.4 is 5.32 Å². The van der Waals surface area contributed by atoms with Gasteiger partial charge in [-0.1, -0.05) is 30.3 Å². The Morgan fingerprint density at radius 3 is 2.46 bits per heavy atom. The maximum Gasteiger partial charge on any atom is 0.105 e. The summed E-state index contributed by atoms with van der Waals surface area (Å²) in [4.78, 5) is 0. The Morgan fingerprint density at radius 2 is 1.75 bits per heavy atom. The first-order chi connectivity index (χ1) is 13.6. The van der Waals surface area contributed by atoms with E-state index in [-0.39, 0.29) is 6.10 Å². The predicted octanol–water partition coefficient (Wildman–Crippen LogP) is 3.52. The molecule has 0 bridgehead atoms. The van der Waals surface area contributed by atoms with Crippen molar-refractivity contribution in [1.82, 2.24) is 9.78 Å². The highest BCUT2D eigenvalue weighted by molar-refractivity contribution is 5.64. The predicted molar refractivity (Wildman–Crippen MR) is 112 cm³/mol. The van der Waals surface area contributed by atoms with Crippen molar-refractivity contribution in [2.24, 2.45) is 0 Å². The van der Waals surface area contributed by atoms with E-state index in [9.17, 15) is 5.11 Å². The number of rotatable bonds is 5. The van der Waals surface area contributed by atoms with Gasteiger partial charge in [-0.25, -0.2) is 4.68 Å². The number of nitrogens with zero attached hydrogens (tertiary/aromatic N) is 2. The lowest BCUT2D eigenvalue weighted by Crippen LogP contribution is -2.89. The molecule has 146 valence electrons. The molecule has 4 heteroatoms. The van der Waals surface area contributed by atoms with Gasteiger partial charge in [0.15, 0.2) is 0 Å². The van der Waals surface area contributed by atoms with Gasteiger partial charge >= 0.3 is 0 Å². The third-order valence-electron chi connectivity index (χ3n) is 6.00. The van der Waals surface area contributed by atoms with Crippen molar-refractivity contribution in [2.45, 2.75) is 58.2 Å². The fraction of sp³-hybridized carbons (Fsp3) is 0.375. The highest BCUT2D eigenvalue weighted by Crippen LogP contribution is 2.25. The second-order valence-corrected chi connectivity index (χ2v) is 8.09. The first kappa shape index (κ1) is 18.9. The van der Waals surface area contributed by atoms with Gasteiger partial charge in [0.25, 0.3) is 0 Å². The third kappa shape index (κ3) is 4.18. The zero-order valence-electron chi connectivity index (χ0n) is 16.8. The first-order valence-electron chi connectivity index (χ1n) is 10.3. The van der Waals surface area contributed by atoms with E-state index in [0.717, 1.165) is 43.6 Å². The molecular formula is C24H30N3O+. The summed E-state index contributed by atoms with van der Waals surface area (Å²) in [6.07, 6.45) is 6.10. The molecule has 2 aromatic carbocycles. The second kappa shape index (κ2) is 8.29. The van der Waals surface area contributed by atoms with Crippen LogP contribution in [0.1, 0.15) is 42.4 Å². The number of aliphatic hydroxyl groups excluding tert-OH is 1. The minimum atomic E-state index is -0.100. The summed E-state index contributed by atoms with van der Waals surface area (Å²) in [5.74, 6) is 0. The van der Waals surface area contributed by atoms with E-state index in [1.54, 1.807) is 0 Å². The van der Waals surface area contributed by atoms with Crippen LogP contribution >= 0.6 is 0 Å². The number of benzene rings is 2. The van der Waals surface area contributed by atoms with Gasteiger partial charge in [0.05, 0.1) is 23.4 Å². The van der Waals surface area contributed by atoms with Crippen LogP contribution in [0.5, 0.6) is 0 Å². The largest absolute Gasteiger partial charge is 0.393 e. The van der Waals surface area contributed by atoms with Gasteiger partial charge in [-0.3, -0.25) is 0 Å². The lowest BCUT2D eigenvalue weighted by atomic mass is 9.93. The zero-order valence-corrected chi connectivity index (χ0v) is 16.8. The summed E-state index contributed by atoms with van der Waals surface area (Å²) < 4.78 is 2.00. The SMILES string of the molecule is Cc1ccc(-c2nn(-c3ccccc3)cc2C[NH2+]C2CCC(O)CC2)cc1C. The molecule has 0 saturated heterocycles. The molecule has 0 spiro atoms. The van der Waals surface area contributed by atoms with Crippen LogP contribution in [-0.4, -0.2) is 27.0 Å². The fourth-order valence-corrected chi connectivity index (χ4v) is 4.03. The first-order valence-corrected chi connectivity index (χ1v) is 10.3. The number of nitrogens with two attached hydrogens (primary N) is 1. The van der Waals surface area contributed by atoms with Gasteiger partial charge in [0, 0.05) is 24.6 Å². The van der Waals surface area contributed by atoms with Crippen molar-refractivity contribution in [3.05, 3.63) is 71.4 Å². The quantitative estimate of drug-likeness (QED) is 0.716. The van der Waals surface area contributed by atoms with Crippen molar-refractivity contribution in [2.75, 3.05) is 0 Å². The van der Waals surface area contributed by atoms with Crippen LogP contribution in [0, 0.1) is 13.8 Å². The van der Waals surface area contributed by atoms with Gasteiger partial charge < -0.3 is 10.4 Å². The number of aliphatic hydroxyl groups is 1. The Hall–Kier alpha value is -2.43. The standard InChI is InChI=1S/C24H29N3O/c1-17-8-9-19(14-18(17)2)24-20(15-25-21-10-12-23(28)13-11-21)16-27(26-24)22-6-4-3-5-7-22/h3-9,14,16,21,23,25,28H,10-13,15H2,1-2H3/p+1. The van der Waals surface area contributed by atoms with Crippen molar-refractivity contribution in [3.8, 4) is 16.9 Å². The summed E-state index contributed by atoms with van der Waals surface area (Å²) in [7, 11) is 0. The Balaban J connectivity index is 1.63. The highest BCUT2D eigenvalue weighted by Gasteiger charge is 2.23. The Bertz CT molecular complexity index is 924. The molecule has 0 amide bonds. The second-order valence-electron chi connectivity index (χ2n) is 8.09. The molecule has 3 N–H and O–H groups in total. The van der Waals surface area contributed by atoms with Crippen molar-refractivity contribution in [3.63, 3.8) is 0 Å². The van der Waals surface area contributed by atoms with Crippen LogP contribution in [0.25, 0.3) is 16.9 Å². The molecule has 0 unspecified atom stereocenters. The molecule has 1 heterocycles. The molecule has 1 aliphatic carbocycles. The number of hydrogen-bond donors (Lipinski definition) is 2. The minimum Gasteiger partial charge on any atom is -0.393 e. The molecule has 1 saturated carbocycles. The van der Waals surface area contributed by atoms with Gasteiger partial charge in [-0.05, 0) is 56.0 Å². The van der Waals surface area contributed by atoms with E-state index >= 15 is 0 Å². The van der Waals surface area contributed by atoms with E-state index in [0.29, 0.717) is 6.04 Å². The maximum absolute atomic E-state index is 9.76. The number of hydrogen-bond acceptors (Lipinski definition) is 2. The van der Waals surface area contributed by atoms with E-state index < -0.39 is 0 Å². The third-order valence-corrected chi connectivity index (χ3v) is 6.00. The van der Waals surface area contributed by atoms with Crippen LogP contribution in [0.3, 0.4) is 0 Å². The number of para-hydroxylation sites is 1. The normalized spacial score (nSPS) is 19.7. The maximum atomic E-state index is 9.76. The van der Waals surface area contributed by atoms with Crippen LogP contribution in [0.2, 0.25) is 0 Å². The van der Waals surface area contributed by atoms with Crippen molar-refractivity contribution >= 4 is 0 Å². The summed E-state index contributed by atoms with van der Waals surface area (Å²) >= 11 is 0. The molecule has 28 heavy (non-hydrogen) atoms. The van der Waals surface area contributed by atoms with Crippen molar-refractivity contribution in [1.29, 1.82) is 0 Å². The molecule has 1 fully saturated rings. The van der Waals surface area contributed by atoms with Crippen LogP contribution in [0.15, 0.2) is 54.7 Å². The Labute approximate surface area is 167 Å². The minimum absolute atomic E-state index is 0.100. The average molecular weight is 377 g/mol. The van der Waals surface area contributed by atoms with Gasteiger partial charge in [0.1, 0.15) is 12.2 Å². The Morgan fingerprint density at radius 1 is 1.00 bits per heavy atom. The number of aryl methyl sites for hydroxylation is 2. The highest BCUT2D eigenvalue weighted by atomic mass is 16.3. The number of aromatic nitrogens is 2.